The molecule has 0 unspecified atom stereocenters. The molecule has 0 aliphatic heterocycles. The Labute approximate surface area is 122 Å². The van der Waals surface area contributed by atoms with Crippen molar-refractivity contribution in [1.29, 1.82) is 0 Å². The largest absolute Gasteiger partial charge is 0.480 e. The van der Waals surface area contributed by atoms with E-state index in [0.717, 1.165) is 15.4 Å². The fraction of sp³-hybridized carbons (Fsp3) is 0.400. The number of alkyl halides is 1. The van der Waals surface area contributed by atoms with Gasteiger partial charge in [-0.1, -0.05) is 5.21 Å². The first-order valence-corrected chi connectivity index (χ1v) is 6.39. The molecule has 0 aromatic carbocycles. The van der Waals surface area contributed by atoms with E-state index >= 15 is 0 Å². The van der Waals surface area contributed by atoms with Gasteiger partial charge >= 0.3 is 11.7 Å². The third kappa shape index (κ3) is 2.84. The van der Waals surface area contributed by atoms with Crippen LogP contribution in [0.15, 0.2) is 11.1 Å². The number of amides is 1. The molecule has 2 heterocycles. The first kappa shape index (κ1) is 14.9. The molecule has 2 rings (SSSR count). The third-order valence-corrected chi connectivity index (χ3v) is 2.82. The molecule has 1 atom stereocenters. The predicted octanol–water partition coefficient (Wildman–Crippen LogP) is -1.27. The molecule has 0 aliphatic rings. The van der Waals surface area contributed by atoms with Crippen LogP contribution in [0.5, 0.6) is 0 Å². The highest BCUT2D eigenvalue weighted by molar-refractivity contribution is 6.17. The molecule has 0 fully saturated rings. The number of halogens is 1. The van der Waals surface area contributed by atoms with Crippen molar-refractivity contribution in [2.24, 2.45) is 0 Å². The van der Waals surface area contributed by atoms with Gasteiger partial charge in [0.1, 0.15) is 12.4 Å². The highest BCUT2D eigenvalue weighted by atomic mass is 35.5. The first-order chi connectivity index (χ1) is 9.95. The lowest BCUT2D eigenvalue weighted by molar-refractivity contribution is -0.138. The van der Waals surface area contributed by atoms with E-state index in [1.165, 1.54) is 6.92 Å². The van der Waals surface area contributed by atoms with E-state index in [9.17, 15) is 14.4 Å². The zero-order valence-corrected chi connectivity index (χ0v) is 11.6. The molecule has 2 aromatic rings. The van der Waals surface area contributed by atoms with Crippen molar-refractivity contribution in [1.82, 2.24) is 29.7 Å². The van der Waals surface area contributed by atoms with Gasteiger partial charge < -0.3 is 10.4 Å². The van der Waals surface area contributed by atoms with Crippen molar-refractivity contribution in [3.05, 3.63) is 22.5 Å². The summed E-state index contributed by atoms with van der Waals surface area (Å²) in [5.41, 5.74) is -0.773. The maximum absolute atomic E-state index is 12.0. The number of nitrogens with one attached hydrogen (secondary N) is 1. The van der Waals surface area contributed by atoms with E-state index in [4.69, 9.17) is 16.7 Å². The maximum atomic E-state index is 12.0. The summed E-state index contributed by atoms with van der Waals surface area (Å²) in [6, 6.07) is -1.10. The second kappa shape index (κ2) is 5.87. The Kier molecular flexibility index (Phi) is 4.17. The van der Waals surface area contributed by atoms with Gasteiger partial charge in [-0.25, -0.2) is 14.2 Å². The van der Waals surface area contributed by atoms with E-state index in [1.54, 1.807) is 0 Å². The Hall–Kier alpha value is -2.49. The number of carboxylic acid groups (broad SMARTS) is 1. The van der Waals surface area contributed by atoms with Crippen molar-refractivity contribution in [2.45, 2.75) is 19.5 Å². The van der Waals surface area contributed by atoms with E-state index in [1.807, 2.05) is 0 Å². The van der Waals surface area contributed by atoms with Gasteiger partial charge in [0.2, 0.25) is 0 Å². The summed E-state index contributed by atoms with van der Waals surface area (Å²) in [7, 11) is 0. The number of aliphatic carboxylic acids is 1. The Bertz CT molecular complexity index is 754. The molecule has 2 aromatic heterocycles. The number of imidazole rings is 1. The number of hydrogen-bond acceptors (Lipinski definition) is 6. The highest BCUT2D eigenvalue weighted by Gasteiger charge is 2.21. The van der Waals surface area contributed by atoms with Crippen LogP contribution in [0.25, 0.3) is 5.65 Å². The minimum absolute atomic E-state index is 0.0547. The van der Waals surface area contributed by atoms with Crippen molar-refractivity contribution >= 4 is 29.1 Å². The van der Waals surface area contributed by atoms with Crippen LogP contribution in [-0.2, 0) is 11.3 Å². The van der Waals surface area contributed by atoms with Gasteiger partial charge in [-0.15, -0.1) is 16.7 Å². The lowest BCUT2D eigenvalue weighted by Crippen LogP contribution is -2.38. The second-order valence-electron chi connectivity index (χ2n) is 4.10. The molecule has 11 heteroatoms. The number of aryl methyl sites for hydroxylation is 1. The molecular formula is C10H11ClN6O4. The maximum Gasteiger partial charge on any atom is 0.353 e. The Balaban J connectivity index is 2.39. The SMILES string of the molecule is C[C@H](NC(=O)c1ncn2c(=O)n(CCCl)nnc12)C(=O)O. The van der Waals surface area contributed by atoms with Gasteiger partial charge in [0.05, 0.1) is 6.54 Å². The predicted molar refractivity (Wildman–Crippen MR) is 70.3 cm³/mol. The van der Waals surface area contributed by atoms with Crippen molar-refractivity contribution < 1.29 is 14.7 Å². The van der Waals surface area contributed by atoms with Crippen LogP contribution in [-0.4, -0.2) is 53.3 Å². The molecule has 0 aliphatic carbocycles. The number of fused-ring (bicyclic) bond motifs is 1. The second-order valence-corrected chi connectivity index (χ2v) is 4.48. The number of nitrogens with zero attached hydrogens (tertiary/aromatic N) is 5. The summed E-state index contributed by atoms with van der Waals surface area (Å²) in [6.07, 6.45) is 1.12. The minimum atomic E-state index is -1.19. The molecule has 2 N–H and O–H groups in total. The summed E-state index contributed by atoms with van der Waals surface area (Å²) in [6.45, 7) is 1.47. The summed E-state index contributed by atoms with van der Waals surface area (Å²) in [4.78, 5) is 38.4. The van der Waals surface area contributed by atoms with Gasteiger partial charge in [-0.05, 0) is 6.92 Å². The van der Waals surface area contributed by atoms with Gasteiger partial charge in [-0.3, -0.25) is 9.59 Å². The Morgan fingerprint density at radius 2 is 2.24 bits per heavy atom. The van der Waals surface area contributed by atoms with Crippen LogP contribution >= 0.6 is 11.6 Å². The number of rotatable bonds is 5. The molecule has 1 amide bonds. The van der Waals surface area contributed by atoms with Crippen LogP contribution in [0.3, 0.4) is 0 Å². The van der Waals surface area contributed by atoms with Crippen LogP contribution in [0, 0.1) is 0 Å². The zero-order valence-electron chi connectivity index (χ0n) is 10.9. The van der Waals surface area contributed by atoms with Crippen LogP contribution in [0.4, 0.5) is 0 Å². The van der Waals surface area contributed by atoms with Crippen LogP contribution < -0.4 is 11.0 Å². The topological polar surface area (TPSA) is 131 Å². The fourth-order valence-electron chi connectivity index (χ4n) is 1.54. The number of carbonyl (C=O) groups excluding carboxylic acids is 1. The Morgan fingerprint density at radius 3 is 2.86 bits per heavy atom. The van der Waals surface area contributed by atoms with Gasteiger partial charge in [0.15, 0.2) is 11.3 Å². The number of carboxylic acids is 1. The van der Waals surface area contributed by atoms with E-state index < -0.39 is 23.6 Å². The van der Waals surface area contributed by atoms with E-state index in [-0.39, 0.29) is 23.8 Å². The number of carbonyl (C=O) groups is 2. The van der Waals surface area contributed by atoms with Gasteiger partial charge in [0.25, 0.3) is 5.91 Å². The standard InChI is InChI=1S/C10H11ClN6O4/c1-5(9(19)20)13-8(18)6-7-14-15-17(3-2-11)10(21)16(7)4-12-6/h4-5H,2-3H2,1H3,(H,13,18)(H,19,20)/t5-/m0/s1. The molecule has 112 valence electrons. The average Bonchev–Trinajstić information content (AvgIpc) is 2.86. The average molecular weight is 315 g/mol. The monoisotopic (exact) mass is 314 g/mol. The molecule has 0 bridgehead atoms. The lowest BCUT2D eigenvalue weighted by Gasteiger charge is -2.07. The number of hydrogen-bond donors (Lipinski definition) is 2. The molecule has 0 saturated carbocycles. The third-order valence-electron chi connectivity index (χ3n) is 2.65. The highest BCUT2D eigenvalue weighted by Crippen LogP contribution is 2.03. The normalized spacial score (nSPS) is 12.3. The molecular weight excluding hydrogens is 304 g/mol. The zero-order chi connectivity index (χ0) is 15.6. The molecule has 0 saturated heterocycles. The molecule has 0 radical (unpaired) electrons. The summed E-state index contributed by atoms with van der Waals surface area (Å²) < 4.78 is 2.07. The number of aromatic nitrogens is 5. The summed E-state index contributed by atoms with van der Waals surface area (Å²) in [5.74, 6) is -1.77. The van der Waals surface area contributed by atoms with Crippen molar-refractivity contribution in [2.75, 3.05) is 5.88 Å². The van der Waals surface area contributed by atoms with Crippen LogP contribution in [0.2, 0.25) is 0 Å². The van der Waals surface area contributed by atoms with Gasteiger partial charge in [0, 0.05) is 5.88 Å². The van der Waals surface area contributed by atoms with Crippen molar-refractivity contribution in [3.63, 3.8) is 0 Å². The van der Waals surface area contributed by atoms with E-state index in [0.29, 0.717) is 0 Å². The van der Waals surface area contributed by atoms with E-state index in [2.05, 4.69) is 20.6 Å². The molecule has 0 spiro atoms. The molecule has 10 nitrogen and oxygen atoms in total. The lowest BCUT2D eigenvalue weighted by atomic mass is 10.3. The quantitative estimate of drug-likeness (QED) is 0.657. The summed E-state index contributed by atoms with van der Waals surface area (Å²) in [5, 5.41) is 18.3. The Morgan fingerprint density at radius 1 is 1.52 bits per heavy atom. The van der Waals surface area contributed by atoms with Crippen molar-refractivity contribution in [3.8, 4) is 0 Å². The minimum Gasteiger partial charge on any atom is -0.480 e. The molecule has 21 heavy (non-hydrogen) atoms. The van der Waals surface area contributed by atoms with Crippen LogP contribution in [0.1, 0.15) is 17.4 Å². The first-order valence-electron chi connectivity index (χ1n) is 5.86. The van der Waals surface area contributed by atoms with Gasteiger partial charge in [-0.2, -0.15) is 4.68 Å². The summed E-state index contributed by atoms with van der Waals surface area (Å²) >= 11 is 5.53. The smallest absolute Gasteiger partial charge is 0.353 e. The fourth-order valence-corrected chi connectivity index (χ4v) is 1.70.